The van der Waals surface area contributed by atoms with Crippen LogP contribution in [-0.2, 0) is 12.6 Å². The molecule has 0 aliphatic heterocycles. The van der Waals surface area contributed by atoms with Gasteiger partial charge >= 0.3 is 0 Å². The van der Waals surface area contributed by atoms with Crippen molar-refractivity contribution in [2.45, 2.75) is 32.2 Å². The van der Waals surface area contributed by atoms with Crippen molar-refractivity contribution in [1.29, 1.82) is 0 Å². The van der Waals surface area contributed by atoms with Crippen LogP contribution in [0.3, 0.4) is 0 Å². The summed E-state index contributed by atoms with van der Waals surface area (Å²) in [5.41, 5.74) is 2.94. The molecule has 0 radical (unpaired) electrons. The second-order valence-electron chi connectivity index (χ2n) is 7.00. The van der Waals surface area contributed by atoms with Crippen LogP contribution in [-0.4, -0.2) is 33.7 Å². The molecule has 0 aliphatic carbocycles. The summed E-state index contributed by atoms with van der Waals surface area (Å²) in [6.07, 6.45) is 0. The van der Waals surface area contributed by atoms with Crippen LogP contribution in [0, 0.1) is 0 Å². The van der Waals surface area contributed by atoms with Gasteiger partial charge in [0.25, 0.3) is 0 Å². The smallest absolute Gasteiger partial charge is 0.104 e. The average Bonchev–Trinajstić information content (AvgIpc) is 2.03. The Bertz CT molecular complexity index is 292. The van der Waals surface area contributed by atoms with Crippen molar-refractivity contribution < 1.29 is 4.48 Å². The molecular weight excluding hydrogens is 210 g/mol. The van der Waals surface area contributed by atoms with Crippen molar-refractivity contribution in [2.75, 3.05) is 21.1 Å². The standard InChI is InChI=1S/C14H26NSi/c1-15(2,3)11-13-7-9-14(10-8-13)12-16(4,5)6/h7-10H,11-12H2,1-6H3/q+1. The molecule has 1 nitrogen and oxygen atoms in total. The Morgan fingerprint density at radius 3 is 1.69 bits per heavy atom. The minimum absolute atomic E-state index is 0.966. The highest BCUT2D eigenvalue weighted by Crippen LogP contribution is 2.14. The lowest BCUT2D eigenvalue weighted by molar-refractivity contribution is -0.884. The molecule has 0 saturated carbocycles. The van der Waals surface area contributed by atoms with Crippen LogP contribution in [0.4, 0.5) is 0 Å². The van der Waals surface area contributed by atoms with Crippen LogP contribution in [0.2, 0.25) is 19.6 Å². The van der Waals surface area contributed by atoms with Crippen LogP contribution in [0.1, 0.15) is 11.1 Å². The first kappa shape index (κ1) is 13.5. The first-order valence-electron chi connectivity index (χ1n) is 6.04. The molecule has 0 spiro atoms. The van der Waals surface area contributed by atoms with Crippen LogP contribution in [0.5, 0.6) is 0 Å². The summed E-state index contributed by atoms with van der Waals surface area (Å²) in [6.45, 7) is 8.38. The van der Waals surface area contributed by atoms with Gasteiger partial charge < -0.3 is 4.48 Å². The van der Waals surface area contributed by atoms with E-state index < -0.39 is 8.07 Å². The molecule has 1 aromatic carbocycles. The molecule has 2 heteroatoms. The Morgan fingerprint density at radius 2 is 1.31 bits per heavy atom. The van der Waals surface area contributed by atoms with E-state index in [-0.39, 0.29) is 0 Å². The number of hydrogen-bond acceptors (Lipinski definition) is 0. The SMILES string of the molecule is C[N+](C)(C)Cc1ccc(C[Si](C)(C)C)cc1. The maximum absolute atomic E-state index is 2.42. The molecule has 0 N–H and O–H groups in total. The molecule has 0 aliphatic rings. The fraction of sp³-hybridized carbons (Fsp3) is 0.571. The van der Waals surface area contributed by atoms with E-state index in [1.807, 2.05) is 0 Å². The summed E-state index contributed by atoms with van der Waals surface area (Å²) in [7, 11) is 5.73. The van der Waals surface area contributed by atoms with E-state index in [1.54, 1.807) is 0 Å². The molecule has 16 heavy (non-hydrogen) atoms. The maximum atomic E-state index is 2.42. The van der Waals surface area contributed by atoms with Gasteiger partial charge in [-0.15, -0.1) is 0 Å². The molecule has 0 amide bonds. The summed E-state index contributed by atoms with van der Waals surface area (Å²) in [6, 6.07) is 10.5. The molecule has 0 heterocycles. The Morgan fingerprint density at radius 1 is 0.875 bits per heavy atom. The highest BCUT2D eigenvalue weighted by atomic mass is 28.3. The Kier molecular flexibility index (Phi) is 3.97. The highest BCUT2D eigenvalue weighted by Gasteiger charge is 2.14. The third-order valence-corrected chi connectivity index (χ3v) is 3.88. The highest BCUT2D eigenvalue weighted by molar-refractivity contribution is 6.75. The van der Waals surface area contributed by atoms with Crippen molar-refractivity contribution >= 4 is 8.07 Å². The lowest BCUT2D eigenvalue weighted by Crippen LogP contribution is -2.33. The fourth-order valence-corrected chi connectivity index (χ4v) is 3.38. The van der Waals surface area contributed by atoms with Gasteiger partial charge in [0.1, 0.15) is 6.54 Å². The predicted molar refractivity (Wildman–Crippen MR) is 75.2 cm³/mol. The van der Waals surface area contributed by atoms with Crippen molar-refractivity contribution in [3.63, 3.8) is 0 Å². The normalized spacial score (nSPS) is 12.9. The van der Waals surface area contributed by atoms with Gasteiger partial charge in [0.05, 0.1) is 21.1 Å². The Hall–Kier alpha value is -0.603. The number of benzene rings is 1. The third-order valence-electron chi connectivity index (χ3n) is 2.41. The van der Waals surface area contributed by atoms with Crippen LogP contribution in [0.25, 0.3) is 0 Å². The second kappa shape index (κ2) is 4.72. The lowest BCUT2D eigenvalue weighted by Gasteiger charge is -2.24. The topological polar surface area (TPSA) is 0 Å². The third kappa shape index (κ3) is 5.47. The number of quaternary nitrogens is 1. The summed E-state index contributed by atoms with van der Waals surface area (Å²) in [4.78, 5) is 0. The minimum Gasteiger partial charge on any atom is -0.327 e. The summed E-state index contributed by atoms with van der Waals surface area (Å²) < 4.78 is 0.993. The number of rotatable bonds is 4. The molecule has 0 atom stereocenters. The van der Waals surface area contributed by atoms with Gasteiger partial charge in [-0.05, 0) is 6.04 Å². The molecule has 1 aromatic rings. The van der Waals surface area contributed by atoms with Gasteiger partial charge in [0.15, 0.2) is 0 Å². The first-order chi connectivity index (χ1) is 7.16. The van der Waals surface area contributed by atoms with E-state index in [0.29, 0.717) is 0 Å². The summed E-state index contributed by atoms with van der Waals surface area (Å²) in [5.74, 6) is 0. The van der Waals surface area contributed by atoms with Gasteiger partial charge in [-0.1, -0.05) is 49.5 Å². The maximum Gasteiger partial charge on any atom is 0.104 e. The van der Waals surface area contributed by atoms with Crippen molar-refractivity contribution in [1.82, 2.24) is 0 Å². The van der Waals surface area contributed by atoms with Crippen LogP contribution in [0.15, 0.2) is 24.3 Å². The molecule has 90 valence electrons. The quantitative estimate of drug-likeness (QED) is 0.556. The lowest BCUT2D eigenvalue weighted by atomic mass is 10.1. The number of nitrogens with zero attached hydrogens (tertiary/aromatic N) is 1. The van der Waals surface area contributed by atoms with Gasteiger partial charge in [-0.2, -0.15) is 0 Å². The van der Waals surface area contributed by atoms with Crippen LogP contribution < -0.4 is 0 Å². The molecule has 0 bridgehead atoms. The summed E-state index contributed by atoms with van der Waals surface area (Å²) in [5, 5.41) is 0. The Labute approximate surface area is 102 Å². The monoisotopic (exact) mass is 236 g/mol. The largest absolute Gasteiger partial charge is 0.327 e. The zero-order valence-electron chi connectivity index (χ0n) is 11.7. The molecular formula is C14H26NSi+. The zero-order valence-corrected chi connectivity index (χ0v) is 12.7. The van der Waals surface area contributed by atoms with E-state index in [1.165, 1.54) is 17.2 Å². The molecule has 1 rings (SSSR count). The average molecular weight is 236 g/mol. The van der Waals surface area contributed by atoms with E-state index in [2.05, 4.69) is 65.0 Å². The summed E-state index contributed by atoms with van der Waals surface area (Å²) >= 11 is 0. The minimum atomic E-state index is -0.966. The van der Waals surface area contributed by atoms with E-state index in [9.17, 15) is 0 Å². The van der Waals surface area contributed by atoms with Gasteiger partial charge in [-0.3, -0.25) is 0 Å². The van der Waals surface area contributed by atoms with Crippen molar-refractivity contribution in [3.05, 3.63) is 35.4 Å². The fourth-order valence-electron chi connectivity index (χ4n) is 1.92. The van der Waals surface area contributed by atoms with Gasteiger partial charge in [0.2, 0.25) is 0 Å². The van der Waals surface area contributed by atoms with Gasteiger partial charge in [0, 0.05) is 13.6 Å². The molecule has 0 saturated heterocycles. The zero-order chi connectivity index (χ0) is 12.4. The number of hydrogen-bond donors (Lipinski definition) is 0. The Balaban J connectivity index is 2.69. The van der Waals surface area contributed by atoms with E-state index >= 15 is 0 Å². The van der Waals surface area contributed by atoms with Crippen LogP contribution >= 0.6 is 0 Å². The predicted octanol–water partition coefficient (Wildman–Crippen LogP) is 3.31. The molecule has 0 aromatic heterocycles. The van der Waals surface area contributed by atoms with Crippen molar-refractivity contribution in [2.24, 2.45) is 0 Å². The van der Waals surface area contributed by atoms with Gasteiger partial charge in [-0.25, -0.2) is 0 Å². The van der Waals surface area contributed by atoms with E-state index in [4.69, 9.17) is 0 Å². The second-order valence-corrected chi connectivity index (χ2v) is 12.5. The molecule has 0 fully saturated rings. The van der Waals surface area contributed by atoms with Crippen molar-refractivity contribution in [3.8, 4) is 0 Å². The van der Waals surface area contributed by atoms with E-state index in [0.717, 1.165) is 11.0 Å². The molecule has 0 unspecified atom stereocenters. The first-order valence-corrected chi connectivity index (χ1v) is 9.75.